The summed E-state index contributed by atoms with van der Waals surface area (Å²) in [6, 6.07) is 0.758. The third-order valence-electron chi connectivity index (χ3n) is 1.71. The van der Waals surface area contributed by atoms with Gasteiger partial charge in [0.1, 0.15) is 11.5 Å². The summed E-state index contributed by atoms with van der Waals surface area (Å²) in [7, 11) is 0. The second-order valence-corrected chi connectivity index (χ2v) is 2.92. The number of halogens is 3. The zero-order chi connectivity index (χ0) is 13.0. The van der Waals surface area contributed by atoms with Crippen molar-refractivity contribution in [2.45, 2.75) is 6.92 Å². The number of hydrogen-bond acceptors (Lipinski definition) is 3. The Bertz CT molecular complexity index is 439. The molecule has 4 nitrogen and oxygen atoms in total. The molecular weight excluding hydrogens is 239 g/mol. The van der Waals surface area contributed by atoms with Gasteiger partial charge < -0.3 is 10.1 Å². The maximum absolute atomic E-state index is 13.1. The number of amides is 1. The van der Waals surface area contributed by atoms with Crippen molar-refractivity contribution in [3.05, 3.63) is 29.6 Å². The number of ether oxygens (including phenoxy) is 1. The van der Waals surface area contributed by atoms with E-state index in [0.29, 0.717) is 12.1 Å². The fourth-order valence-corrected chi connectivity index (χ4v) is 1.02. The Morgan fingerprint density at radius 1 is 1.24 bits per heavy atom. The predicted octanol–water partition coefficient (Wildman–Crippen LogP) is 1.61. The van der Waals surface area contributed by atoms with Crippen LogP contribution in [0.25, 0.3) is 0 Å². The van der Waals surface area contributed by atoms with Crippen LogP contribution >= 0.6 is 0 Å². The quantitative estimate of drug-likeness (QED) is 0.638. The molecule has 0 saturated carbocycles. The molecule has 0 aromatic heterocycles. The van der Waals surface area contributed by atoms with E-state index < -0.39 is 35.0 Å². The lowest BCUT2D eigenvalue weighted by Gasteiger charge is -2.06. The van der Waals surface area contributed by atoms with Gasteiger partial charge in [-0.25, -0.2) is 18.0 Å². The first-order valence-corrected chi connectivity index (χ1v) is 4.58. The lowest BCUT2D eigenvalue weighted by Crippen LogP contribution is -2.26. The molecule has 0 radical (unpaired) electrons. The highest BCUT2D eigenvalue weighted by Crippen LogP contribution is 2.19. The SMILES string of the molecule is CCOC(=O)C(=O)Nc1c(F)cc(F)cc1F. The van der Waals surface area contributed by atoms with E-state index in [-0.39, 0.29) is 6.61 Å². The maximum Gasteiger partial charge on any atom is 0.397 e. The zero-order valence-corrected chi connectivity index (χ0v) is 8.72. The van der Waals surface area contributed by atoms with Crippen molar-refractivity contribution in [3.63, 3.8) is 0 Å². The van der Waals surface area contributed by atoms with Crippen LogP contribution in [0.15, 0.2) is 12.1 Å². The van der Waals surface area contributed by atoms with Crippen LogP contribution in [0, 0.1) is 17.5 Å². The van der Waals surface area contributed by atoms with Crippen LogP contribution in [0.2, 0.25) is 0 Å². The van der Waals surface area contributed by atoms with Crippen molar-refractivity contribution >= 4 is 17.6 Å². The van der Waals surface area contributed by atoms with Crippen LogP contribution in [-0.2, 0) is 14.3 Å². The summed E-state index contributed by atoms with van der Waals surface area (Å²) in [6.45, 7) is 1.41. The third kappa shape index (κ3) is 3.20. The number of benzene rings is 1. The summed E-state index contributed by atoms with van der Waals surface area (Å²) < 4.78 is 43.0. The molecule has 1 aromatic rings. The first-order valence-electron chi connectivity index (χ1n) is 4.58. The number of rotatable bonds is 2. The molecule has 92 valence electrons. The molecule has 1 rings (SSSR count). The van der Waals surface area contributed by atoms with Crippen LogP contribution in [0.1, 0.15) is 6.92 Å². The van der Waals surface area contributed by atoms with Crippen LogP contribution < -0.4 is 5.32 Å². The first kappa shape index (κ1) is 13.0. The Balaban J connectivity index is 2.89. The molecule has 0 saturated heterocycles. The van der Waals surface area contributed by atoms with E-state index in [1.807, 2.05) is 0 Å². The average molecular weight is 247 g/mol. The average Bonchev–Trinajstić information content (AvgIpc) is 2.23. The Morgan fingerprint density at radius 2 is 1.76 bits per heavy atom. The number of carbonyl (C=O) groups excluding carboxylic acids is 2. The monoisotopic (exact) mass is 247 g/mol. The van der Waals surface area contributed by atoms with Gasteiger partial charge in [-0.3, -0.25) is 4.79 Å². The van der Waals surface area contributed by atoms with Crippen LogP contribution in [-0.4, -0.2) is 18.5 Å². The number of nitrogens with one attached hydrogen (secondary N) is 1. The minimum absolute atomic E-state index is 0.0549. The molecular formula is C10H8F3NO3. The molecule has 1 N–H and O–H groups in total. The van der Waals surface area contributed by atoms with E-state index in [1.54, 1.807) is 5.32 Å². The molecule has 1 aromatic carbocycles. The van der Waals surface area contributed by atoms with E-state index in [2.05, 4.69) is 4.74 Å². The third-order valence-corrected chi connectivity index (χ3v) is 1.71. The topological polar surface area (TPSA) is 55.4 Å². The molecule has 17 heavy (non-hydrogen) atoms. The molecule has 0 aliphatic rings. The predicted molar refractivity (Wildman–Crippen MR) is 51.6 cm³/mol. The van der Waals surface area contributed by atoms with Gasteiger partial charge in [-0.1, -0.05) is 0 Å². The van der Waals surface area contributed by atoms with Gasteiger partial charge >= 0.3 is 11.9 Å². The highest BCUT2D eigenvalue weighted by Gasteiger charge is 2.19. The highest BCUT2D eigenvalue weighted by molar-refractivity contribution is 6.37. The van der Waals surface area contributed by atoms with Gasteiger partial charge in [0.15, 0.2) is 11.6 Å². The van der Waals surface area contributed by atoms with Gasteiger partial charge in [-0.2, -0.15) is 0 Å². The molecule has 0 atom stereocenters. The summed E-state index contributed by atoms with van der Waals surface area (Å²) in [6.07, 6.45) is 0. The minimum atomic E-state index is -1.34. The molecule has 7 heteroatoms. The van der Waals surface area contributed by atoms with Crippen molar-refractivity contribution in [3.8, 4) is 0 Å². The molecule has 0 aliphatic heterocycles. The van der Waals surface area contributed by atoms with Crippen molar-refractivity contribution < 1.29 is 27.5 Å². The molecule has 0 aliphatic carbocycles. The number of anilines is 1. The van der Waals surface area contributed by atoms with Crippen molar-refractivity contribution in [1.82, 2.24) is 0 Å². The lowest BCUT2D eigenvalue weighted by molar-refractivity contribution is -0.152. The smallest absolute Gasteiger partial charge is 0.397 e. The fourth-order valence-electron chi connectivity index (χ4n) is 1.02. The van der Waals surface area contributed by atoms with E-state index in [1.165, 1.54) is 6.92 Å². The van der Waals surface area contributed by atoms with Crippen molar-refractivity contribution in [2.24, 2.45) is 0 Å². The fraction of sp³-hybridized carbons (Fsp3) is 0.200. The van der Waals surface area contributed by atoms with Gasteiger partial charge in [-0.05, 0) is 6.92 Å². The normalized spacial score (nSPS) is 9.88. The van der Waals surface area contributed by atoms with Crippen molar-refractivity contribution in [2.75, 3.05) is 11.9 Å². The summed E-state index contributed by atoms with van der Waals surface area (Å²) in [5, 5.41) is 1.66. The van der Waals surface area contributed by atoms with Gasteiger partial charge in [0.2, 0.25) is 0 Å². The first-order chi connectivity index (χ1) is 7.95. The number of esters is 1. The molecule has 0 heterocycles. The van der Waals surface area contributed by atoms with Gasteiger partial charge in [0.05, 0.1) is 6.61 Å². The van der Waals surface area contributed by atoms with E-state index in [4.69, 9.17) is 0 Å². The molecule has 0 unspecified atom stereocenters. The number of hydrogen-bond donors (Lipinski definition) is 1. The zero-order valence-electron chi connectivity index (χ0n) is 8.72. The van der Waals surface area contributed by atoms with Gasteiger partial charge in [0.25, 0.3) is 0 Å². The highest BCUT2D eigenvalue weighted by atomic mass is 19.1. The maximum atomic E-state index is 13.1. The van der Waals surface area contributed by atoms with E-state index in [0.717, 1.165) is 0 Å². The Morgan fingerprint density at radius 3 is 2.24 bits per heavy atom. The Labute approximate surface area is 94.4 Å². The van der Waals surface area contributed by atoms with E-state index >= 15 is 0 Å². The molecule has 0 spiro atoms. The molecule has 1 amide bonds. The Kier molecular flexibility index (Phi) is 4.08. The summed E-state index contributed by atoms with van der Waals surface area (Å²) >= 11 is 0. The molecule has 0 fully saturated rings. The van der Waals surface area contributed by atoms with Gasteiger partial charge in [-0.15, -0.1) is 0 Å². The summed E-state index contributed by atoms with van der Waals surface area (Å²) in [5.41, 5.74) is -0.899. The van der Waals surface area contributed by atoms with Gasteiger partial charge in [0, 0.05) is 12.1 Å². The Hall–Kier alpha value is -2.05. The largest absolute Gasteiger partial charge is 0.459 e. The molecule has 0 bridgehead atoms. The standard InChI is InChI=1S/C10H8F3NO3/c1-2-17-10(16)9(15)14-8-6(12)3-5(11)4-7(8)13/h3-4H,2H2,1H3,(H,14,15). The second kappa shape index (κ2) is 5.33. The van der Waals surface area contributed by atoms with Crippen LogP contribution in [0.5, 0.6) is 0 Å². The summed E-state index contributed by atoms with van der Waals surface area (Å²) in [5.74, 6) is -6.39. The second-order valence-electron chi connectivity index (χ2n) is 2.92. The lowest BCUT2D eigenvalue weighted by atomic mass is 10.2. The van der Waals surface area contributed by atoms with Crippen molar-refractivity contribution in [1.29, 1.82) is 0 Å². The van der Waals surface area contributed by atoms with E-state index in [9.17, 15) is 22.8 Å². The minimum Gasteiger partial charge on any atom is -0.459 e. The summed E-state index contributed by atoms with van der Waals surface area (Å²) in [4.78, 5) is 22.0. The van der Waals surface area contributed by atoms with Crippen LogP contribution in [0.4, 0.5) is 18.9 Å². The van der Waals surface area contributed by atoms with Crippen LogP contribution in [0.3, 0.4) is 0 Å². The number of carbonyl (C=O) groups is 2.